The Bertz CT molecular complexity index is 770. The number of ether oxygens (including phenoxy) is 2. The first-order chi connectivity index (χ1) is 11.5. The molecule has 7 nitrogen and oxygen atoms in total. The zero-order valence-corrected chi connectivity index (χ0v) is 12.8. The minimum Gasteiger partial charge on any atom is -0.545 e. The first-order valence-corrected chi connectivity index (χ1v) is 6.93. The molecule has 0 aliphatic heterocycles. The van der Waals surface area contributed by atoms with E-state index in [1.54, 1.807) is 0 Å². The Labute approximate surface area is 137 Å². The van der Waals surface area contributed by atoms with Gasteiger partial charge in [0.2, 0.25) is 0 Å². The monoisotopic (exact) mass is 328 g/mol. The van der Waals surface area contributed by atoms with Crippen molar-refractivity contribution >= 4 is 17.7 Å². The van der Waals surface area contributed by atoms with Gasteiger partial charge in [-0.25, -0.2) is 0 Å². The van der Waals surface area contributed by atoms with Gasteiger partial charge in [0.05, 0.1) is 29.6 Å². The van der Waals surface area contributed by atoms with Gasteiger partial charge in [-0.15, -0.1) is 0 Å². The summed E-state index contributed by atoms with van der Waals surface area (Å²) in [7, 11) is 1.39. The SMILES string of the molecule is COc1cc(/C=C/C(=O)[O-])c([N+](=O)[O-])cc1OCc1ccccc1. The molecule has 0 heterocycles. The first kappa shape index (κ1) is 17.0. The molecule has 0 aromatic heterocycles. The Morgan fingerprint density at radius 1 is 1.21 bits per heavy atom. The summed E-state index contributed by atoms with van der Waals surface area (Å²) in [5, 5.41) is 21.7. The van der Waals surface area contributed by atoms with Gasteiger partial charge in [-0.05, 0) is 23.8 Å². The number of aliphatic carboxylic acids is 1. The summed E-state index contributed by atoms with van der Waals surface area (Å²) in [5.41, 5.74) is 0.674. The number of benzene rings is 2. The van der Waals surface area contributed by atoms with Crippen molar-refractivity contribution in [3.05, 3.63) is 69.8 Å². The van der Waals surface area contributed by atoms with Crippen LogP contribution in [0.1, 0.15) is 11.1 Å². The Kier molecular flexibility index (Phi) is 5.51. The lowest BCUT2D eigenvalue weighted by molar-refractivity contribution is -0.385. The molecule has 0 aliphatic carbocycles. The van der Waals surface area contributed by atoms with Crippen LogP contribution in [0.5, 0.6) is 11.5 Å². The number of hydrogen-bond acceptors (Lipinski definition) is 6. The molecule has 0 amide bonds. The van der Waals surface area contributed by atoms with Gasteiger partial charge >= 0.3 is 0 Å². The zero-order valence-electron chi connectivity index (χ0n) is 12.8. The number of hydrogen-bond donors (Lipinski definition) is 0. The highest BCUT2D eigenvalue weighted by Crippen LogP contribution is 2.35. The molecular weight excluding hydrogens is 314 g/mol. The predicted molar refractivity (Wildman–Crippen MR) is 84.5 cm³/mol. The van der Waals surface area contributed by atoms with Crippen LogP contribution < -0.4 is 14.6 Å². The fourth-order valence-electron chi connectivity index (χ4n) is 2.02. The van der Waals surface area contributed by atoms with E-state index in [2.05, 4.69) is 0 Å². The van der Waals surface area contributed by atoms with Gasteiger partial charge in [0, 0.05) is 0 Å². The molecule has 0 spiro atoms. The molecule has 0 unspecified atom stereocenters. The summed E-state index contributed by atoms with van der Waals surface area (Å²) >= 11 is 0. The second-order valence-corrected chi connectivity index (χ2v) is 4.75. The average molecular weight is 328 g/mol. The van der Waals surface area contributed by atoms with Crippen molar-refractivity contribution in [1.29, 1.82) is 0 Å². The van der Waals surface area contributed by atoms with Crippen LogP contribution in [0.4, 0.5) is 5.69 Å². The highest BCUT2D eigenvalue weighted by Gasteiger charge is 2.18. The van der Waals surface area contributed by atoms with Crippen molar-refractivity contribution in [3.8, 4) is 11.5 Å². The van der Waals surface area contributed by atoms with Gasteiger partial charge in [-0.3, -0.25) is 10.1 Å². The van der Waals surface area contributed by atoms with E-state index in [1.165, 1.54) is 19.2 Å². The van der Waals surface area contributed by atoms with Crippen molar-refractivity contribution in [2.75, 3.05) is 7.11 Å². The van der Waals surface area contributed by atoms with Crippen LogP contribution in [0.2, 0.25) is 0 Å². The van der Waals surface area contributed by atoms with Crippen molar-refractivity contribution in [2.45, 2.75) is 6.61 Å². The zero-order chi connectivity index (χ0) is 17.5. The van der Waals surface area contributed by atoms with Crippen LogP contribution in [0.25, 0.3) is 6.08 Å². The molecular formula is C17H14NO6-. The van der Waals surface area contributed by atoms with Gasteiger partial charge in [0.15, 0.2) is 11.5 Å². The molecule has 0 saturated carbocycles. The fraction of sp³-hybridized carbons (Fsp3) is 0.118. The van der Waals surface area contributed by atoms with Crippen molar-refractivity contribution in [2.24, 2.45) is 0 Å². The van der Waals surface area contributed by atoms with Gasteiger partial charge in [-0.1, -0.05) is 30.3 Å². The number of carboxylic acids is 1. The van der Waals surface area contributed by atoms with Gasteiger partial charge in [0.25, 0.3) is 5.69 Å². The number of carbonyl (C=O) groups is 1. The molecule has 24 heavy (non-hydrogen) atoms. The van der Waals surface area contributed by atoms with Gasteiger partial charge in [0.1, 0.15) is 6.61 Å². The van der Waals surface area contributed by atoms with Crippen LogP contribution in [0, 0.1) is 10.1 Å². The van der Waals surface area contributed by atoms with Gasteiger partial charge in [-0.2, -0.15) is 0 Å². The number of nitrogens with zero attached hydrogens (tertiary/aromatic N) is 1. The van der Waals surface area contributed by atoms with Crippen LogP contribution in [-0.2, 0) is 11.4 Å². The second-order valence-electron chi connectivity index (χ2n) is 4.75. The summed E-state index contributed by atoms with van der Waals surface area (Å²) in [6.07, 6.45) is 1.79. The maximum atomic E-state index is 11.2. The van der Waals surface area contributed by atoms with E-state index in [1.807, 2.05) is 30.3 Å². The number of carboxylic acid groups (broad SMARTS) is 1. The number of rotatable bonds is 7. The van der Waals surface area contributed by atoms with E-state index >= 15 is 0 Å². The largest absolute Gasteiger partial charge is 0.545 e. The van der Waals surface area contributed by atoms with Crippen LogP contribution in [0.3, 0.4) is 0 Å². The molecule has 124 valence electrons. The number of nitro benzene ring substituents is 1. The van der Waals surface area contributed by atoms with Crippen LogP contribution >= 0.6 is 0 Å². The standard InChI is InChI=1S/C17H15NO6/c1-23-15-9-13(7-8-17(19)20)14(18(21)22)10-16(15)24-11-12-5-3-2-4-6-12/h2-10H,11H2,1H3,(H,19,20)/p-1/b8-7+. The molecule has 0 atom stereocenters. The predicted octanol–water partition coefficient (Wildman–Crippen LogP) is 1.95. The van der Waals surface area contributed by atoms with E-state index in [0.29, 0.717) is 6.08 Å². The lowest BCUT2D eigenvalue weighted by Crippen LogP contribution is -2.18. The molecule has 0 fully saturated rings. The molecule has 0 radical (unpaired) electrons. The maximum Gasteiger partial charge on any atom is 0.280 e. The Morgan fingerprint density at radius 3 is 2.50 bits per heavy atom. The average Bonchev–Trinajstić information content (AvgIpc) is 2.58. The molecule has 0 bridgehead atoms. The number of methoxy groups -OCH3 is 1. The minimum absolute atomic E-state index is 0.0770. The first-order valence-electron chi connectivity index (χ1n) is 6.93. The van der Waals surface area contributed by atoms with Crippen molar-refractivity contribution < 1.29 is 24.3 Å². The van der Waals surface area contributed by atoms with E-state index in [0.717, 1.165) is 11.6 Å². The summed E-state index contributed by atoms with van der Waals surface area (Å²) in [6.45, 7) is 0.211. The van der Waals surface area contributed by atoms with E-state index in [4.69, 9.17) is 9.47 Å². The molecule has 0 saturated heterocycles. The Morgan fingerprint density at radius 2 is 1.92 bits per heavy atom. The summed E-state index contributed by atoms with van der Waals surface area (Å²) < 4.78 is 10.8. The number of carbonyl (C=O) groups excluding carboxylic acids is 1. The minimum atomic E-state index is -1.45. The van der Waals surface area contributed by atoms with E-state index in [9.17, 15) is 20.0 Å². The van der Waals surface area contributed by atoms with Crippen molar-refractivity contribution in [3.63, 3.8) is 0 Å². The lowest BCUT2D eigenvalue weighted by atomic mass is 10.1. The highest BCUT2D eigenvalue weighted by atomic mass is 16.6. The van der Waals surface area contributed by atoms with E-state index < -0.39 is 10.9 Å². The Hall–Kier alpha value is -3.35. The topological polar surface area (TPSA) is 102 Å². The quantitative estimate of drug-likeness (QED) is 0.437. The second kappa shape index (κ2) is 7.77. The third-order valence-corrected chi connectivity index (χ3v) is 3.15. The molecule has 7 heteroatoms. The third kappa shape index (κ3) is 4.33. The molecule has 0 aliphatic rings. The normalized spacial score (nSPS) is 10.5. The number of nitro groups is 1. The third-order valence-electron chi connectivity index (χ3n) is 3.15. The van der Waals surface area contributed by atoms with Crippen LogP contribution in [-0.4, -0.2) is 18.0 Å². The van der Waals surface area contributed by atoms with Gasteiger partial charge < -0.3 is 19.4 Å². The molecule has 0 N–H and O–H groups in total. The fourth-order valence-corrected chi connectivity index (χ4v) is 2.02. The van der Waals surface area contributed by atoms with E-state index in [-0.39, 0.29) is 29.4 Å². The summed E-state index contributed by atoms with van der Waals surface area (Å²) in [6, 6.07) is 11.8. The molecule has 2 aromatic carbocycles. The lowest BCUT2D eigenvalue weighted by Gasteiger charge is -2.12. The molecule has 2 aromatic rings. The Balaban J connectivity index is 2.35. The maximum absolute atomic E-state index is 11.2. The smallest absolute Gasteiger partial charge is 0.280 e. The molecule has 2 rings (SSSR count). The van der Waals surface area contributed by atoms with Crippen molar-refractivity contribution in [1.82, 2.24) is 0 Å². The summed E-state index contributed by atoms with van der Waals surface area (Å²) in [4.78, 5) is 21.1. The van der Waals surface area contributed by atoms with Crippen LogP contribution in [0.15, 0.2) is 48.5 Å². The summed E-state index contributed by atoms with van der Waals surface area (Å²) in [5.74, 6) is -0.999. The highest BCUT2D eigenvalue weighted by molar-refractivity contribution is 5.85.